The Morgan fingerprint density at radius 1 is 1.37 bits per heavy atom. The standard InChI is InChI=1S/C15H23BrN2O/c1-15(6-8-18(2)9-7-15)11-17-10-12-4-3-5-13(16)14(12)19/h3-5,17,19H,6-11H2,1-2H3. The zero-order valence-electron chi connectivity index (χ0n) is 11.7. The average Bonchev–Trinajstić information content (AvgIpc) is 2.39. The molecule has 2 N–H and O–H groups in total. The monoisotopic (exact) mass is 326 g/mol. The highest BCUT2D eigenvalue weighted by Gasteiger charge is 2.28. The van der Waals surface area contributed by atoms with E-state index in [-0.39, 0.29) is 0 Å². The van der Waals surface area contributed by atoms with Gasteiger partial charge in [-0.25, -0.2) is 0 Å². The molecule has 1 aliphatic heterocycles. The van der Waals surface area contributed by atoms with Gasteiger partial charge in [-0.3, -0.25) is 0 Å². The van der Waals surface area contributed by atoms with Gasteiger partial charge in [0.1, 0.15) is 5.75 Å². The van der Waals surface area contributed by atoms with Crippen molar-refractivity contribution >= 4 is 15.9 Å². The molecule has 106 valence electrons. The van der Waals surface area contributed by atoms with Gasteiger partial charge in [-0.2, -0.15) is 0 Å². The number of halogens is 1. The summed E-state index contributed by atoms with van der Waals surface area (Å²) in [7, 11) is 2.19. The van der Waals surface area contributed by atoms with Crippen molar-refractivity contribution in [2.45, 2.75) is 26.3 Å². The second kappa shape index (κ2) is 6.25. The Morgan fingerprint density at radius 2 is 2.05 bits per heavy atom. The number of nitrogens with zero attached hydrogens (tertiary/aromatic N) is 1. The van der Waals surface area contributed by atoms with E-state index in [1.807, 2.05) is 18.2 Å². The van der Waals surface area contributed by atoms with Gasteiger partial charge in [-0.1, -0.05) is 19.1 Å². The Hall–Kier alpha value is -0.580. The number of para-hydroxylation sites is 1. The lowest BCUT2D eigenvalue weighted by atomic mass is 9.80. The van der Waals surface area contributed by atoms with E-state index < -0.39 is 0 Å². The molecule has 1 saturated heterocycles. The third kappa shape index (κ3) is 3.94. The Balaban J connectivity index is 1.85. The van der Waals surface area contributed by atoms with Gasteiger partial charge in [0.2, 0.25) is 0 Å². The van der Waals surface area contributed by atoms with Crippen LogP contribution >= 0.6 is 15.9 Å². The zero-order chi connectivity index (χ0) is 13.9. The second-order valence-corrected chi connectivity index (χ2v) is 6.82. The summed E-state index contributed by atoms with van der Waals surface area (Å²) in [6.07, 6.45) is 2.47. The van der Waals surface area contributed by atoms with Crippen molar-refractivity contribution in [1.82, 2.24) is 10.2 Å². The van der Waals surface area contributed by atoms with Gasteiger partial charge in [-0.15, -0.1) is 0 Å². The molecule has 2 rings (SSSR count). The molecule has 1 aromatic carbocycles. The van der Waals surface area contributed by atoms with E-state index in [2.05, 4.69) is 40.1 Å². The van der Waals surface area contributed by atoms with Crippen LogP contribution in [0.25, 0.3) is 0 Å². The third-order valence-electron chi connectivity index (χ3n) is 4.13. The lowest BCUT2D eigenvalue weighted by Crippen LogP contribution is -2.41. The van der Waals surface area contributed by atoms with Crippen molar-refractivity contribution in [3.05, 3.63) is 28.2 Å². The van der Waals surface area contributed by atoms with E-state index in [0.29, 0.717) is 11.2 Å². The van der Waals surface area contributed by atoms with Crippen LogP contribution in [0.3, 0.4) is 0 Å². The molecule has 1 heterocycles. The fourth-order valence-corrected chi connectivity index (χ4v) is 2.94. The average molecular weight is 327 g/mol. The fourth-order valence-electron chi connectivity index (χ4n) is 2.54. The smallest absolute Gasteiger partial charge is 0.134 e. The highest BCUT2D eigenvalue weighted by Crippen LogP contribution is 2.30. The summed E-state index contributed by atoms with van der Waals surface area (Å²) in [4.78, 5) is 2.39. The number of benzene rings is 1. The minimum absolute atomic E-state index is 0.350. The van der Waals surface area contributed by atoms with Crippen molar-refractivity contribution in [3.8, 4) is 5.75 Å². The first-order chi connectivity index (χ1) is 9.00. The van der Waals surface area contributed by atoms with Crippen molar-refractivity contribution < 1.29 is 5.11 Å². The summed E-state index contributed by atoms with van der Waals surface area (Å²) in [5.74, 6) is 0.350. The summed E-state index contributed by atoms with van der Waals surface area (Å²) in [5.41, 5.74) is 1.33. The molecule has 0 spiro atoms. The molecule has 4 heteroatoms. The SMILES string of the molecule is CN1CCC(C)(CNCc2cccc(Br)c2O)CC1. The van der Waals surface area contributed by atoms with E-state index in [9.17, 15) is 5.11 Å². The van der Waals surface area contributed by atoms with Crippen LogP contribution in [-0.2, 0) is 6.54 Å². The number of phenols is 1. The lowest BCUT2D eigenvalue weighted by molar-refractivity contribution is 0.136. The topological polar surface area (TPSA) is 35.5 Å². The summed E-state index contributed by atoms with van der Waals surface area (Å²) in [6.45, 7) is 6.44. The summed E-state index contributed by atoms with van der Waals surface area (Å²) in [5, 5.41) is 13.4. The lowest BCUT2D eigenvalue weighted by Gasteiger charge is -2.38. The third-order valence-corrected chi connectivity index (χ3v) is 4.77. The first-order valence-electron chi connectivity index (χ1n) is 6.86. The maximum atomic E-state index is 9.94. The largest absolute Gasteiger partial charge is 0.506 e. The molecule has 0 aliphatic carbocycles. The number of piperidine rings is 1. The molecule has 3 nitrogen and oxygen atoms in total. The first kappa shape index (κ1) is 14.8. The highest BCUT2D eigenvalue weighted by molar-refractivity contribution is 9.10. The van der Waals surface area contributed by atoms with Gasteiger partial charge >= 0.3 is 0 Å². The van der Waals surface area contributed by atoms with E-state index >= 15 is 0 Å². The minimum Gasteiger partial charge on any atom is -0.506 e. The van der Waals surface area contributed by atoms with Crippen LogP contribution in [-0.4, -0.2) is 36.7 Å². The molecule has 0 aromatic heterocycles. The van der Waals surface area contributed by atoms with Crippen LogP contribution in [0.2, 0.25) is 0 Å². The summed E-state index contributed by atoms with van der Waals surface area (Å²) >= 11 is 3.35. The van der Waals surface area contributed by atoms with Crippen LogP contribution in [0.4, 0.5) is 0 Å². The number of likely N-dealkylation sites (tertiary alicyclic amines) is 1. The predicted molar refractivity (Wildman–Crippen MR) is 82.4 cm³/mol. The molecule has 0 atom stereocenters. The summed E-state index contributed by atoms with van der Waals surface area (Å²) < 4.78 is 0.761. The van der Waals surface area contributed by atoms with Gasteiger partial charge in [-0.05, 0) is 60.4 Å². The maximum absolute atomic E-state index is 9.94. The van der Waals surface area contributed by atoms with Crippen LogP contribution in [0.1, 0.15) is 25.3 Å². The number of rotatable bonds is 4. The Labute approximate surface area is 124 Å². The zero-order valence-corrected chi connectivity index (χ0v) is 13.3. The normalized spacial score (nSPS) is 19.5. The van der Waals surface area contributed by atoms with Crippen LogP contribution in [0.15, 0.2) is 22.7 Å². The van der Waals surface area contributed by atoms with E-state index in [1.165, 1.54) is 25.9 Å². The van der Waals surface area contributed by atoms with Gasteiger partial charge in [0, 0.05) is 18.7 Å². The Morgan fingerprint density at radius 3 is 2.74 bits per heavy atom. The predicted octanol–water partition coefficient (Wildman–Crippen LogP) is 2.98. The van der Waals surface area contributed by atoms with Crippen LogP contribution in [0, 0.1) is 5.41 Å². The molecule has 0 saturated carbocycles. The van der Waals surface area contributed by atoms with Crippen molar-refractivity contribution in [3.63, 3.8) is 0 Å². The number of nitrogens with one attached hydrogen (secondary N) is 1. The van der Waals surface area contributed by atoms with Crippen LogP contribution in [0.5, 0.6) is 5.75 Å². The molecule has 1 fully saturated rings. The minimum atomic E-state index is 0.350. The fraction of sp³-hybridized carbons (Fsp3) is 0.600. The summed E-state index contributed by atoms with van der Waals surface area (Å²) in [6, 6.07) is 5.78. The van der Waals surface area contributed by atoms with Crippen molar-refractivity contribution in [2.75, 3.05) is 26.7 Å². The van der Waals surface area contributed by atoms with E-state index in [4.69, 9.17) is 0 Å². The van der Waals surface area contributed by atoms with E-state index in [1.54, 1.807) is 0 Å². The van der Waals surface area contributed by atoms with Gasteiger partial charge in [0.25, 0.3) is 0 Å². The molecule has 1 aromatic rings. The molecular weight excluding hydrogens is 304 g/mol. The molecule has 19 heavy (non-hydrogen) atoms. The van der Waals surface area contributed by atoms with Gasteiger partial charge < -0.3 is 15.3 Å². The second-order valence-electron chi connectivity index (χ2n) is 5.97. The molecule has 0 unspecified atom stereocenters. The number of phenolic OH excluding ortho intramolecular Hbond substituents is 1. The number of hydrogen-bond acceptors (Lipinski definition) is 3. The Bertz CT molecular complexity index is 428. The molecule has 0 radical (unpaired) electrons. The molecule has 0 amide bonds. The van der Waals surface area contributed by atoms with E-state index in [0.717, 1.165) is 23.1 Å². The van der Waals surface area contributed by atoms with Crippen molar-refractivity contribution in [2.24, 2.45) is 5.41 Å². The number of aromatic hydroxyl groups is 1. The Kier molecular flexibility index (Phi) is 4.87. The first-order valence-corrected chi connectivity index (χ1v) is 7.65. The van der Waals surface area contributed by atoms with Gasteiger partial charge in [0.05, 0.1) is 4.47 Å². The highest BCUT2D eigenvalue weighted by atomic mass is 79.9. The maximum Gasteiger partial charge on any atom is 0.134 e. The molecule has 1 aliphatic rings. The molecule has 0 bridgehead atoms. The number of hydrogen-bond donors (Lipinski definition) is 2. The quantitative estimate of drug-likeness (QED) is 0.892. The molecular formula is C15H23BrN2O. The van der Waals surface area contributed by atoms with Crippen LogP contribution < -0.4 is 5.32 Å². The van der Waals surface area contributed by atoms with Gasteiger partial charge in [0.15, 0.2) is 0 Å². The van der Waals surface area contributed by atoms with Crippen molar-refractivity contribution in [1.29, 1.82) is 0 Å².